The minimum Gasteiger partial charge on any atom is -0.330 e. The zero-order valence-electron chi connectivity index (χ0n) is 8.71. The van der Waals surface area contributed by atoms with Gasteiger partial charge in [0.15, 0.2) is 0 Å². The molecule has 0 bridgehead atoms. The molecule has 2 fully saturated rings. The number of hydrogen-bond donors (Lipinski definition) is 1. The number of nitrogens with two attached hydrogens (primary N) is 1. The zero-order valence-corrected chi connectivity index (χ0v) is 8.71. The van der Waals surface area contributed by atoms with E-state index >= 15 is 0 Å². The number of nitrogens with zero attached hydrogens (tertiary/aromatic N) is 1. The molecule has 2 atom stereocenters. The molecule has 1 aliphatic heterocycles. The zero-order chi connectivity index (χ0) is 9.26. The topological polar surface area (TPSA) is 29.3 Å². The summed E-state index contributed by atoms with van der Waals surface area (Å²) in [6.45, 7) is 7.22. The van der Waals surface area contributed by atoms with E-state index < -0.39 is 0 Å². The highest BCUT2D eigenvalue weighted by Crippen LogP contribution is 2.38. The van der Waals surface area contributed by atoms with E-state index in [-0.39, 0.29) is 0 Å². The van der Waals surface area contributed by atoms with Crippen LogP contribution in [0.3, 0.4) is 0 Å². The van der Waals surface area contributed by atoms with E-state index in [1.807, 2.05) is 0 Å². The molecule has 2 nitrogen and oxygen atoms in total. The van der Waals surface area contributed by atoms with Crippen LogP contribution in [0.2, 0.25) is 0 Å². The number of piperidine rings is 1. The van der Waals surface area contributed by atoms with Crippen molar-refractivity contribution in [3.05, 3.63) is 0 Å². The molecule has 0 aromatic carbocycles. The summed E-state index contributed by atoms with van der Waals surface area (Å²) in [5.41, 5.74) is 5.67. The van der Waals surface area contributed by atoms with Crippen LogP contribution >= 0.6 is 0 Å². The molecule has 13 heavy (non-hydrogen) atoms. The summed E-state index contributed by atoms with van der Waals surface area (Å²) in [6.07, 6.45) is 4.13. The maximum absolute atomic E-state index is 5.67. The fraction of sp³-hybridized carbons (Fsp3) is 1.00. The van der Waals surface area contributed by atoms with Crippen molar-refractivity contribution < 1.29 is 0 Å². The van der Waals surface area contributed by atoms with E-state index in [0.717, 1.165) is 24.3 Å². The predicted octanol–water partition coefficient (Wildman–Crippen LogP) is 1.31. The first-order valence-electron chi connectivity index (χ1n) is 5.72. The maximum Gasteiger partial charge on any atom is 0.00123 e. The molecule has 2 N–H and O–H groups in total. The van der Waals surface area contributed by atoms with Gasteiger partial charge in [-0.25, -0.2) is 0 Å². The summed E-state index contributed by atoms with van der Waals surface area (Å²) in [5.74, 6) is 2.84. The van der Waals surface area contributed by atoms with Crippen LogP contribution in [0.15, 0.2) is 0 Å². The van der Waals surface area contributed by atoms with Crippen molar-refractivity contribution in [1.29, 1.82) is 0 Å². The molecule has 2 aliphatic rings. The second-order valence-electron chi connectivity index (χ2n) is 4.95. The molecule has 0 amide bonds. The van der Waals surface area contributed by atoms with Gasteiger partial charge in [0.1, 0.15) is 0 Å². The van der Waals surface area contributed by atoms with E-state index in [1.165, 1.54) is 38.9 Å². The fourth-order valence-electron chi connectivity index (χ4n) is 2.39. The summed E-state index contributed by atoms with van der Waals surface area (Å²) in [5, 5.41) is 0. The summed E-state index contributed by atoms with van der Waals surface area (Å²) in [4.78, 5) is 2.64. The van der Waals surface area contributed by atoms with Gasteiger partial charge in [-0.15, -0.1) is 0 Å². The molecule has 0 spiro atoms. The second kappa shape index (κ2) is 3.97. The molecule has 2 heteroatoms. The van der Waals surface area contributed by atoms with Gasteiger partial charge in [-0.05, 0) is 56.7 Å². The first-order chi connectivity index (χ1) is 6.29. The van der Waals surface area contributed by atoms with Crippen molar-refractivity contribution in [2.45, 2.75) is 26.2 Å². The van der Waals surface area contributed by atoms with Crippen LogP contribution in [0.5, 0.6) is 0 Å². The highest BCUT2D eigenvalue weighted by Gasteiger charge is 2.34. The predicted molar refractivity (Wildman–Crippen MR) is 55.5 cm³/mol. The summed E-state index contributed by atoms with van der Waals surface area (Å²) in [7, 11) is 0. The van der Waals surface area contributed by atoms with Crippen molar-refractivity contribution in [3.8, 4) is 0 Å². The maximum atomic E-state index is 5.67. The minimum absolute atomic E-state index is 0.813. The fourth-order valence-corrected chi connectivity index (χ4v) is 2.39. The Morgan fingerprint density at radius 3 is 2.38 bits per heavy atom. The Bertz CT molecular complexity index is 161. The molecule has 76 valence electrons. The SMILES string of the molecule is CC1CC1CN1CCC(CN)CC1. The third kappa shape index (κ3) is 2.44. The Kier molecular flexibility index (Phi) is 2.89. The van der Waals surface area contributed by atoms with Crippen molar-refractivity contribution in [3.63, 3.8) is 0 Å². The van der Waals surface area contributed by atoms with Gasteiger partial charge in [0, 0.05) is 6.54 Å². The molecule has 0 radical (unpaired) electrons. The van der Waals surface area contributed by atoms with E-state index in [0.29, 0.717) is 0 Å². The third-order valence-electron chi connectivity index (χ3n) is 3.81. The Hall–Kier alpha value is -0.0800. The molecule has 1 heterocycles. The molecular formula is C11H22N2. The molecule has 2 unspecified atom stereocenters. The molecule has 1 saturated heterocycles. The van der Waals surface area contributed by atoms with Crippen molar-refractivity contribution >= 4 is 0 Å². The molecule has 0 aromatic heterocycles. The van der Waals surface area contributed by atoms with E-state index in [2.05, 4.69) is 11.8 Å². The van der Waals surface area contributed by atoms with Gasteiger partial charge in [-0.1, -0.05) is 6.92 Å². The van der Waals surface area contributed by atoms with Gasteiger partial charge in [0.2, 0.25) is 0 Å². The standard InChI is InChI=1S/C11H22N2/c1-9-6-11(9)8-13-4-2-10(7-12)3-5-13/h9-11H,2-8,12H2,1H3. The summed E-state index contributed by atoms with van der Waals surface area (Å²) in [6, 6.07) is 0. The van der Waals surface area contributed by atoms with Crippen molar-refractivity contribution in [2.24, 2.45) is 23.5 Å². The highest BCUT2D eigenvalue weighted by molar-refractivity contribution is 4.86. The molecular weight excluding hydrogens is 160 g/mol. The lowest BCUT2D eigenvalue weighted by molar-refractivity contribution is 0.179. The Morgan fingerprint density at radius 2 is 1.92 bits per heavy atom. The lowest BCUT2D eigenvalue weighted by Gasteiger charge is -2.31. The molecule has 1 aliphatic carbocycles. The average molecular weight is 182 g/mol. The summed E-state index contributed by atoms with van der Waals surface area (Å²) >= 11 is 0. The smallest absolute Gasteiger partial charge is 0.00123 e. The quantitative estimate of drug-likeness (QED) is 0.713. The summed E-state index contributed by atoms with van der Waals surface area (Å²) < 4.78 is 0. The van der Waals surface area contributed by atoms with Crippen LogP contribution in [0, 0.1) is 17.8 Å². The van der Waals surface area contributed by atoms with Gasteiger partial charge < -0.3 is 10.6 Å². The van der Waals surface area contributed by atoms with E-state index in [1.54, 1.807) is 0 Å². The van der Waals surface area contributed by atoms with Crippen LogP contribution in [-0.4, -0.2) is 31.1 Å². The van der Waals surface area contributed by atoms with Crippen LogP contribution in [0.1, 0.15) is 26.2 Å². The number of likely N-dealkylation sites (tertiary alicyclic amines) is 1. The largest absolute Gasteiger partial charge is 0.330 e. The highest BCUT2D eigenvalue weighted by atomic mass is 15.1. The number of hydrogen-bond acceptors (Lipinski definition) is 2. The molecule has 1 saturated carbocycles. The first kappa shape index (κ1) is 9.47. The minimum atomic E-state index is 0.813. The van der Waals surface area contributed by atoms with Crippen LogP contribution in [-0.2, 0) is 0 Å². The van der Waals surface area contributed by atoms with Gasteiger partial charge in [-0.2, -0.15) is 0 Å². The third-order valence-corrected chi connectivity index (χ3v) is 3.81. The molecule has 0 aromatic rings. The lowest BCUT2D eigenvalue weighted by Crippen LogP contribution is -2.37. The van der Waals surface area contributed by atoms with Crippen LogP contribution < -0.4 is 5.73 Å². The average Bonchev–Trinajstić information content (AvgIpc) is 2.83. The first-order valence-corrected chi connectivity index (χ1v) is 5.72. The monoisotopic (exact) mass is 182 g/mol. The Morgan fingerprint density at radius 1 is 1.31 bits per heavy atom. The lowest BCUT2D eigenvalue weighted by atomic mass is 9.97. The van der Waals surface area contributed by atoms with E-state index in [4.69, 9.17) is 5.73 Å². The van der Waals surface area contributed by atoms with Gasteiger partial charge in [0.05, 0.1) is 0 Å². The molecule has 2 rings (SSSR count). The second-order valence-corrected chi connectivity index (χ2v) is 4.95. The number of rotatable bonds is 3. The van der Waals surface area contributed by atoms with Gasteiger partial charge >= 0.3 is 0 Å². The van der Waals surface area contributed by atoms with Crippen molar-refractivity contribution in [2.75, 3.05) is 26.2 Å². The van der Waals surface area contributed by atoms with Crippen LogP contribution in [0.4, 0.5) is 0 Å². The van der Waals surface area contributed by atoms with Gasteiger partial charge in [0.25, 0.3) is 0 Å². The Balaban J connectivity index is 1.66. The van der Waals surface area contributed by atoms with Crippen molar-refractivity contribution in [1.82, 2.24) is 4.90 Å². The van der Waals surface area contributed by atoms with E-state index in [9.17, 15) is 0 Å². The Labute approximate surface area is 81.5 Å². The van der Waals surface area contributed by atoms with Gasteiger partial charge in [-0.3, -0.25) is 0 Å². The normalized spacial score (nSPS) is 36.5. The van der Waals surface area contributed by atoms with Crippen LogP contribution in [0.25, 0.3) is 0 Å².